The van der Waals surface area contributed by atoms with E-state index in [1.54, 1.807) is 6.07 Å². The van der Waals surface area contributed by atoms with Gasteiger partial charge in [0.25, 0.3) is 0 Å². The summed E-state index contributed by atoms with van der Waals surface area (Å²) in [6.07, 6.45) is 1.78. The maximum atomic E-state index is 13.9. The van der Waals surface area contributed by atoms with Gasteiger partial charge in [0.05, 0.1) is 13.7 Å². The highest BCUT2D eigenvalue weighted by Gasteiger charge is 2.37. The van der Waals surface area contributed by atoms with Crippen LogP contribution in [0, 0.1) is 5.82 Å². The number of thioether (sulfide) groups is 1. The van der Waals surface area contributed by atoms with E-state index in [4.69, 9.17) is 4.74 Å². The lowest BCUT2D eigenvalue weighted by molar-refractivity contribution is -0.130. The van der Waals surface area contributed by atoms with Gasteiger partial charge in [0.1, 0.15) is 6.17 Å². The van der Waals surface area contributed by atoms with Crippen molar-refractivity contribution in [2.75, 3.05) is 25.2 Å². The van der Waals surface area contributed by atoms with Crippen molar-refractivity contribution in [3.8, 4) is 5.75 Å². The van der Waals surface area contributed by atoms with Crippen LogP contribution in [0.15, 0.2) is 18.2 Å². The van der Waals surface area contributed by atoms with E-state index in [-0.39, 0.29) is 23.9 Å². The minimum Gasteiger partial charge on any atom is -0.494 e. The third-order valence-electron chi connectivity index (χ3n) is 4.09. The molecule has 2 aliphatic heterocycles. The van der Waals surface area contributed by atoms with Gasteiger partial charge in [0.15, 0.2) is 11.6 Å². The van der Waals surface area contributed by atoms with Crippen molar-refractivity contribution >= 4 is 17.7 Å². The lowest BCUT2D eigenvalue weighted by Gasteiger charge is -2.35. The number of nitrogens with one attached hydrogen (secondary N) is 1. The second-order valence-corrected chi connectivity index (χ2v) is 6.55. The van der Waals surface area contributed by atoms with Crippen molar-refractivity contribution in [3.05, 3.63) is 29.6 Å². The lowest BCUT2D eigenvalue weighted by Crippen LogP contribution is -2.41. The highest BCUT2D eigenvalue weighted by atomic mass is 32.2. The number of methoxy groups -OCH3 is 1. The van der Waals surface area contributed by atoms with Crippen molar-refractivity contribution in [1.82, 2.24) is 10.2 Å². The minimum atomic E-state index is -0.393. The molecule has 1 N–H and O–H groups in total. The van der Waals surface area contributed by atoms with Crippen molar-refractivity contribution in [2.45, 2.75) is 25.0 Å². The monoisotopic (exact) mass is 310 g/mol. The molecule has 0 aromatic heterocycles. The molecule has 1 atom stereocenters. The highest BCUT2D eigenvalue weighted by Crippen LogP contribution is 2.32. The molecule has 4 nitrogen and oxygen atoms in total. The number of carbonyl (C=O) groups is 1. The van der Waals surface area contributed by atoms with E-state index >= 15 is 0 Å². The maximum Gasteiger partial charge on any atom is 0.238 e. The predicted octanol–water partition coefficient (Wildman–Crippen LogP) is 2.16. The zero-order valence-electron chi connectivity index (χ0n) is 12.0. The SMILES string of the molecule is COc1ccc(C2NCC(=O)N2C2CCSCC2)cc1F. The standard InChI is InChI=1S/C15H19FN2O2S/c1-20-13-3-2-10(8-12(13)16)15-17-9-14(19)18(15)11-4-6-21-7-5-11/h2-3,8,11,15,17H,4-7,9H2,1H3. The van der Waals surface area contributed by atoms with Crippen molar-refractivity contribution < 1.29 is 13.9 Å². The van der Waals surface area contributed by atoms with Gasteiger partial charge in [0, 0.05) is 6.04 Å². The molecule has 3 rings (SSSR count). The van der Waals surface area contributed by atoms with Crippen molar-refractivity contribution in [1.29, 1.82) is 0 Å². The number of hydrogen-bond acceptors (Lipinski definition) is 4. The van der Waals surface area contributed by atoms with E-state index in [1.165, 1.54) is 13.2 Å². The molecule has 1 aromatic carbocycles. The van der Waals surface area contributed by atoms with E-state index in [0.29, 0.717) is 6.54 Å². The van der Waals surface area contributed by atoms with Crippen molar-refractivity contribution in [2.24, 2.45) is 0 Å². The summed E-state index contributed by atoms with van der Waals surface area (Å²) < 4.78 is 18.9. The molecule has 2 saturated heterocycles. The Labute approximate surface area is 128 Å². The first-order valence-corrected chi connectivity index (χ1v) is 8.32. The Bertz CT molecular complexity index is 534. The van der Waals surface area contributed by atoms with Crippen LogP contribution in [0.1, 0.15) is 24.6 Å². The summed E-state index contributed by atoms with van der Waals surface area (Å²) in [4.78, 5) is 14.1. The minimum absolute atomic E-state index is 0.105. The number of rotatable bonds is 3. The van der Waals surface area contributed by atoms with Gasteiger partial charge in [-0.15, -0.1) is 0 Å². The van der Waals surface area contributed by atoms with Crippen LogP contribution >= 0.6 is 11.8 Å². The summed E-state index contributed by atoms with van der Waals surface area (Å²) in [5, 5.41) is 3.20. The van der Waals surface area contributed by atoms with Gasteiger partial charge in [-0.3, -0.25) is 10.1 Å². The molecule has 114 valence electrons. The fourth-order valence-electron chi connectivity index (χ4n) is 3.03. The second-order valence-electron chi connectivity index (χ2n) is 5.32. The Morgan fingerprint density at radius 2 is 2.14 bits per heavy atom. The maximum absolute atomic E-state index is 13.9. The Hall–Kier alpha value is -1.27. The van der Waals surface area contributed by atoms with Gasteiger partial charge in [-0.2, -0.15) is 11.8 Å². The van der Waals surface area contributed by atoms with Crippen LogP contribution in [0.4, 0.5) is 4.39 Å². The summed E-state index contributed by atoms with van der Waals surface area (Å²) in [5.74, 6) is 2.10. The van der Waals surface area contributed by atoms with Gasteiger partial charge >= 0.3 is 0 Å². The molecule has 2 aliphatic rings. The molecule has 0 radical (unpaired) electrons. The van der Waals surface area contributed by atoms with Crippen LogP contribution in [0.25, 0.3) is 0 Å². The van der Waals surface area contributed by atoms with Gasteiger partial charge in [0.2, 0.25) is 5.91 Å². The molecular weight excluding hydrogens is 291 g/mol. The number of benzene rings is 1. The third-order valence-corrected chi connectivity index (χ3v) is 5.14. The Morgan fingerprint density at radius 1 is 1.38 bits per heavy atom. The molecule has 1 unspecified atom stereocenters. The Morgan fingerprint density at radius 3 is 2.81 bits per heavy atom. The number of carbonyl (C=O) groups excluding carboxylic acids is 1. The summed E-state index contributed by atoms with van der Waals surface area (Å²) >= 11 is 1.93. The predicted molar refractivity (Wildman–Crippen MR) is 80.9 cm³/mol. The molecular formula is C15H19FN2O2S. The summed E-state index contributed by atoms with van der Waals surface area (Å²) in [6.45, 7) is 0.321. The molecule has 6 heteroatoms. The first-order chi connectivity index (χ1) is 10.2. The zero-order valence-corrected chi connectivity index (χ0v) is 12.8. The Kier molecular flexibility index (Phi) is 4.35. The molecule has 0 aliphatic carbocycles. The van der Waals surface area contributed by atoms with Crippen LogP contribution in [-0.4, -0.2) is 42.0 Å². The highest BCUT2D eigenvalue weighted by molar-refractivity contribution is 7.99. The largest absolute Gasteiger partial charge is 0.494 e. The third kappa shape index (κ3) is 2.87. The molecule has 2 heterocycles. The molecule has 21 heavy (non-hydrogen) atoms. The molecule has 0 saturated carbocycles. The smallest absolute Gasteiger partial charge is 0.238 e. The van der Waals surface area contributed by atoms with E-state index in [9.17, 15) is 9.18 Å². The van der Waals surface area contributed by atoms with Crippen LogP contribution in [-0.2, 0) is 4.79 Å². The average molecular weight is 310 g/mol. The number of hydrogen-bond donors (Lipinski definition) is 1. The van der Waals surface area contributed by atoms with E-state index in [2.05, 4.69) is 5.32 Å². The van der Waals surface area contributed by atoms with Crippen LogP contribution < -0.4 is 10.1 Å². The summed E-state index contributed by atoms with van der Waals surface area (Å²) in [6, 6.07) is 5.15. The van der Waals surface area contributed by atoms with Gasteiger partial charge in [-0.25, -0.2) is 4.39 Å². The number of nitrogens with zero attached hydrogens (tertiary/aromatic N) is 1. The normalized spacial score (nSPS) is 23.6. The van der Waals surface area contributed by atoms with E-state index in [0.717, 1.165) is 29.9 Å². The summed E-state index contributed by atoms with van der Waals surface area (Å²) in [5.41, 5.74) is 0.775. The Balaban J connectivity index is 1.85. The van der Waals surface area contributed by atoms with Crippen LogP contribution in [0.3, 0.4) is 0 Å². The average Bonchev–Trinajstić information content (AvgIpc) is 2.90. The van der Waals surface area contributed by atoms with E-state index in [1.807, 2.05) is 22.7 Å². The van der Waals surface area contributed by atoms with Crippen LogP contribution in [0.2, 0.25) is 0 Å². The van der Waals surface area contributed by atoms with Crippen molar-refractivity contribution in [3.63, 3.8) is 0 Å². The van der Waals surface area contributed by atoms with Gasteiger partial charge in [-0.05, 0) is 42.0 Å². The first-order valence-electron chi connectivity index (χ1n) is 7.16. The molecule has 0 bridgehead atoms. The van der Waals surface area contributed by atoms with Crippen LogP contribution in [0.5, 0.6) is 5.75 Å². The summed E-state index contributed by atoms with van der Waals surface area (Å²) in [7, 11) is 1.45. The zero-order chi connectivity index (χ0) is 14.8. The fourth-order valence-corrected chi connectivity index (χ4v) is 4.11. The second kappa shape index (κ2) is 6.23. The fraction of sp³-hybridized carbons (Fsp3) is 0.533. The van der Waals surface area contributed by atoms with Gasteiger partial charge in [-0.1, -0.05) is 6.07 Å². The number of amides is 1. The first kappa shape index (κ1) is 14.7. The molecule has 1 amide bonds. The number of halogens is 1. The lowest BCUT2D eigenvalue weighted by atomic mass is 10.1. The van der Waals surface area contributed by atoms with E-state index < -0.39 is 5.82 Å². The topological polar surface area (TPSA) is 41.6 Å². The van der Waals surface area contributed by atoms with Gasteiger partial charge < -0.3 is 9.64 Å². The molecule has 0 spiro atoms. The number of ether oxygens (including phenoxy) is 1. The quantitative estimate of drug-likeness (QED) is 0.929. The molecule has 1 aromatic rings. The molecule has 2 fully saturated rings.